The van der Waals surface area contributed by atoms with Gasteiger partial charge in [0.05, 0.1) is 0 Å². The molecule has 0 radical (unpaired) electrons. The second kappa shape index (κ2) is 4.31. The maximum atomic E-state index is 4.93. The van der Waals surface area contributed by atoms with Gasteiger partial charge < -0.3 is 4.84 Å². The zero-order valence-electron chi connectivity index (χ0n) is 7.35. The van der Waals surface area contributed by atoms with E-state index in [4.69, 9.17) is 4.84 Å². The highest BCUT2D eigenvalue weighted by molar-refractivity contribution is 5.63. The predicted molar refractivity (Wildman–Crippen MR) is 44.2 cm³/mol. The molecule has 0 saturated heterocycles. The lowest BCUT2D eigenvalue weighted by Gasteiger charge is -2.08. The molecule has 60 valence electrons. The molecule has 0 unspecified atom stereocenters. The summed E-state index contributed by atoms with van der Waals surface area (Å²) in [5, 5.41) is 3.81. The van der Waals surface area contributed by atoms with Crippen LogP contribution in [0.15, 0.2) is 5.16 Å². The van der Waals surface area contributed by atoms with Crippen molar-refractivity contribution in [2.45, 2.75) is 34.1 Å². The van der Waals surface area contributed by atoms with Crippen molar-refractivity contribution in [3.05, 3.63) is 0 Å². The molecule has 2 nitrogen and oxygen atoms in total. The molecule has 0 aliphatic heterocycles. The fourth-order valence-corrected chi connectivity index (χ4v) is 0.339. The molecule has 0 N–H and O–H groups in total. The summed E-state index contributed by atoms with van der Waals surface area (Å²) in [5.41, 5.74) is 0.133. The van der Waals surface area contributed by atoms with Gasteiger partial charge in [0, 0.05) is 11.6 Å². The van der Waals surface area contributed by atoms with Crippen LogP contribution in [0.1, 0.15) is 34.1 Å². The van der Waals surface area contributed by atoms with Crippen molar-refractivity contribution < 1.29 is 4.84 Å². The Kier molecular flexibility index (Phi) is 4.08. The molecule has 0 aromatic heterocycles. The molecular formula is C8H17NO. The van der Waals surface area contributed by atoms with Crippen molar-refractivity contribution in [2.24, 2.45) is 10.6 Å². The van der Waals surface area contributed by atoms with Gasteiger partial charge in [-0.25, -0.2) is 0 Å². The summed E-state index contributed by atoms with van der Waals surface area (Å²) in [6, 6.07) is 0. The summed E-state index contributed by atoms with van der Waals surface area (Å²) >= 11 is 0. The SMILES string of the molecule is CCCO/N=C/C(C)(C)C. The number of hydrogen-bond donors (Lipinski definition) is 0. The Labute approximate surface area is 63.3 Å². The molecule has 2 heteroatoms. The van der Waals surface area contributed by atoms with E-state index in [0.29, 0.717) is 6.61 Å². The molecule has 0 amide bonds. The van der Waals surface area contributed by atoms with Crippen LogP contribution in [-0.4, -0.2) is 12.8 Å². The molecule has 0 aromatic carbocycles. The van der Waals surface area contributed by atoms with Gasteiger partial charge >= 0.3 is 0 Å². The number of oxime groups is 1. The van der Waals surface area contributed by atoms with Gasteiger partial charge in [-0.05, 0) is 6.42 Å². The molecule has 0 spiro atoms. The number of rotatable bonds is 3. The van der Waals surface area contributed by atoms with E-state index in [-0.39, 0.29) is 5.41 Å². The lowest BCUT2D eigenvalue weighted by molar-refractivity contribution is 0.144. The highest BCUT2D eigenvalue weighted by Gasteiger charge is 2.04. The molecule has 0 bridgehead atoms. The second-order valence-electron chi connectivity index (χ2n) is 3.43. The average molecular weight is 143 g/mol. The zero-order chi connectivity index (χ0) is 8.04. The van der Waals surface area contributed by atoms with Gasteiger partial charge in [0.15, 0.2) is 0 Å². The Morgan fingerprint density at radius 3 is 2.40 bits per heavy atom. The van der Waals surface area contributed by atoms with E-state index in [1.54, 1.807) is 0 Å². The number of hydrogen-bond acceptors (Lipinski definition) is 2. The standard InChI is InChI=1S/C8H17NO/c1-5-6-10-9-7-8(2,3)4/h7H,5-6H2,1-4H3/b9-7+. The fourth-order valence-electron chi connectivity index (χ4n) is 0.339. The smallest absolute Gasteiger partial charge is 0.116 e. The minimum atomic E-state index is 0.133. The third kappa shape index (κ3) is 7.47. The lowest BCUT2D eigenvalue weighted by atomic mass is 10.00. The van der Waals surface area contributed by atoms with Crippen LogP contribution in [0.3, 0.4) is 0 Å². The van der Waals surface area contributed by atoms with Gasteiger partial charge in [-0.2, -0.15) is 0 Å². The molecule has 10 heavy (non-hydrogen) atoms. The maximum absolute atomic E-state index is 4.93. The topological polar surface area (TPSA) is 21.6 Å². The number of nitrogens with zero attached hydrogens (tertiary/aromatic N) is 1. The molecule has 0 fully saturated rings. The third-order valence-corrected chi connectivity index (χ3v) is 0.810. The van der Waals surface area contributed by atoms with Gasteiger partial charge in [-0.1, -0.05) is 32.9 Å². The van der Waals surface area contributed by atoms with Crippen LogP contribution in [0.4, 0.5) is 0 Å². The van der Waals surface area contributed by atoms with Gasteiger partial charge in [0.1, 0.15) is 6.61 Å². The highest BCUT2D eigenvalue weighted by Crippen LogP contribution is 2.08. The molecule has 0 heterocycles. The molecule has 0 saturated carbocycles. The minimum Gasteiger partial charge on any atom is -0.396 e. The molecule has 0 aromatic rings. The Balaban J connectivity index is 3.37. The van der Waals surface area contributed by atoms with Crippen molar-refractivity contribution >= 4 is 6.21 Å². The van der Waals surface area contributed by atoms with Crippen LogP contribution in [0.5, 0.6) is 0 Å². The van der Waals surface area contributed by atoms with Crippen molar-refractivity contribution in [3.63, 3.8) is 0 Å². The first-order valence-electron chi connectivity index (χ1n) is 3.73. The van der Waals surface area contributed by atoms with Crippen LogP contribution in [0.25, 0.3) is 0 Å². The lowest BCUT2D eigenvalue weighted by Crippen LogP contribution is -2.06. The summed E-state index contributed by atoms with van der Waals surface area (Å²) in [5.74, 6) is 0. The van der Waals surface area contributed by atoms with E-state index >= 15 is 0 Å². The van der Waals surface area contributed by atoms with Crippen molar-refractivity contribution in [3.8, 4) is 0 Å². The van der Waals surface area contributed by atoms with E-state index in [1.807, 2.05) is 6.21 Å². The monoisotopic (exact) mass is 143 g/mol. The maximum Gasteiger partial charge on any atom is 0.116 e. The van der Waals surface area contributed by atoms with E-state index in [9.17, 15) is 0 Å². The third-order valence-electron chi connectivity index (χ3n) is 0.810. The van der Waals surface area contributed by atoms with Gasteiger partial charge in [-0.15, -0.1) is 0 Å². The van der Waals surface area contributed by atoms with Crippen molar-refractivity contribution in [1.29, 1.82) is 0 Å². The predicted octanol–water partition coefficient (Wildman–Crippen LogP) is 2.44. The Morgan fingerprint density at radius 2 is 2.00 bits per heavy atom. The second-order valence-corrected chi connectivity index (χ2v) is 3.43. The van der Waals surface area contributed by atoms with Gasteiger partial charge in [-0.3, -0.25) is 0 Å². The van der Waals surface area contributed by atoms with E-state index in [1.165, 1.54) is 0 Å². The Hall–Kier alpha value is -0.530. The van der Waals surface area contributed by atoms with E-state index in [2.05, 4.69) is 32.9 Å². The fraction of sp³-hybridized carbons (Fsp3) is 0.875. The quantitative estimate of drug-likeness (QED) is 0.338. The minimum absolute atomic E-state index is 0.133. The molecule has 0 aliphatic rings. The van der Waals surface area contributed by atoms with Gasteiger partial charge in [0.25, 0.3) is 0 Å². The molecule has 0 aliphatic carbocycles. The largest absolute Gasteiger partial charge is 0.396 e. The first-order valence-corrected chi connectivity index (χ1v) is 3.73. The van der Waals surface area contributed by atoms with E-state index in [0.717, 1.165) is 6.42 Å². The van der Waals surface area contributed by atoms with Crippen LogP contribution >= 0.6 is 0 Å². The van der Waals surface area contributed by atoms with Crippen molar-refractivity contribution in [2.75, 3.05) is 6.61 Å². The zero-order valence-corrected chi connectivity index (χ0v) is 7.35. The Morgan fingerprint density at radius 1 is 1.40 bits per heavy atom. The Bertz CT molecular complexity index is 102. The summed E-state index contributed by atoms with van der Waals surface area (Å²) in [4.78, 5) is 4.93. The van der Waals surface area contributed by atoms with Crippen LogP contribution < -0.4 is 0 Å². The molecular weight excluding hydrogens is 126 g/mol. The summed E-state index contributed by atoms with van der Waals surface area (Å²) in [6.07, 6.45) is 2.84. The average Bonchev–Trinajstić information content (AvgIpc) is 1.78. The van der Waals surface area contributed by atoms with E-state index < -0.39 is 0 Å². The van der Waals surface area contributed by atoms with Crippen molar-refractivity contribution in [1.82, 2.24) is 0 Å². The molecule has 0 atom stereocenters. The summed E-state index contributed by atoms with van der Waals surface area (Å²) in [7, 11) is 0. The normalized spacial score (nSPS) is 12.4. The summed E-state index contributed by atoms with van der Waals surface area (Å²) < 4.78 is 0. The van der Waals surface area contributed by atoms with Gasteiger partial charge in [0.2, 0.25) is 0 Å². The molecule has 0 rings (SSSR count). The van der Waals surface area contributed by atoms with Crippen LogP contribution in [-0.2, 0) is 4.84 Å². The highest BCUT2D eigenvalue weighted by atomic mass is 16.6. The van der Waals surface area contributed by atoms with Crippen LogP contribution in [0.2, 0.25) is 0 Å². The van der Waals surface area contributed by atoms with Crippen LogP contribution in [0, 0.1) is 5.41 Å². The first-order chi connectivity index (χ1) is 4.56. The first kappa shape index (κ1) is 9.47. The summed E-state index contributed by atoms with van der Waals surface area (Å²) in [6.45, 7) is 9.04.